The lowest BCUT2D eigenvalue weighted by atomic mass is 9.71. The number of hydrogen-bond donors (Lipinski definition) is 3. The molecule has 0 radical (unpaired) electrons. The number of rotatable bonds is 10. The minimum atomic E-state index is -0.283. The first-order valence-electron chi connectivity index (χ1n) is 11.0. The first kappa shape index (κ1) is 22.2. The Hall–Kier alpha value is -1.06. The molecule has 0 spiro atoms. The summed E-state index contributed by atoms with van der Waals surface area (Å²) < 4.78 is 0. The van der Waals surface area contributed by atoms with Gasteiger partial charge in [-0.05, 0) is 73.0 Å². The minimum absolute atomic E-state index is 0.0616. The van der Waals surface area contributed by atoms with Gasteiger partial charge in [-0.15, -0.1) is 0 Å². The van der Waals surface area contributed by atoms with Crippen molar-refractivity contribution in [3.63, 3.8) is 0 Å². The Balaban J connectivity index is 2.13. The molecular formula is C24H40O3. The van der Waals surface area contributed by atoms with Gasteiger partial charge in [0.05, 0.1) is 6.10 Å². The Morgan fingerprint density at radius 3 is 2.52 bits per heavy atom. The number of aromatic hydroxyl groups is 1. The molecule has 27 heavy (non-hydrogen) atoms. The van der Waals surface area contributed by atoms with Crippen LogP contribution in [0.2, 0.25) is 0 Å². The van der Waals surface area contributed by atoms with Gasteiger partial charge in [0, 0.05) is 6.61 Å². The number of phenolic OH excluding ortho intramolecular Hbond substituents is 1. The normalized spacial score (nSPS) is 23.5. The van der Waals surface area contributed by atoms with E-state index in [1.54, 1.807) is 0 Å². The van der Waals surface area contributed by atoms with E-state index >= 15 is 0 Å². The average Bonchev–Trinajstić information content (AvgIpc) is 2.64. The van der Waals surface area contributed by atoms with E-state index in [-0.39, 0.29) is 24.0 Å². The summed E-state index contributed by atoms with van der Waals surface area (Å²) in [6.07, 6.45) is 10.1. The number of unbranched alkanes of at least 4 members (excludes halogenated alkanes) is 3. The summed E-state index contributed by atoms with van der Waals surface area (Å²) in [5.41, 5.74) is 2.23. The van der Waals surface area contributed by atoms with Crippen molar-refractivity contribution < 1.29 is 15.3 Å². The van der Waals surface area contributed by atoms with Crippen LogP contribution in [-0.2, 0) is 5.41 Å². The summed E-state index contributed by atoms with van der Waals surface area (Å²) in [5, 5.41) is 30.2. The molecule has 1 fully saturated rings. The Labute approximate surface area is 165 Å². The van der Waals surface area contributed by atoms with Gasteiger partial charge in [-0.2, -0.15) is 0 Å². The zero-order chi connectivity index (χ0) is 19.9. The lowest BCUT2D eigenvalue weighted by Crippen LogP contribution is -2.27. The van der Waals surface area contributed by atoms with Gasteiger partial charge < -0.3 is 15.3 Å². The predicted molar refractivity (Wildman–Crippen MR) is 112 cm³/mol. The molecule has 1 aromatic carbocycles. The van der Waals surface area contributed by atoms with E-state index in [0.29, 0.717) is 18.1 Å². The van der Waals surface area contributed by atoms with E-state index in [4.69, 9.17) is 0 Å². The zero-order valence-corrected chi connectivity index (χ0v) is 17.6. The predicted octanol–water partition coefficient (Wildman–Crippen LogP) is 5.66. The Morgan fingerprint density at radius 2 is 1.85 bits per heavy atom. The fraction of sp³-hybridized carbons (Fsp3) is 0.750. The molecule has 3 heteroatoms. The second-order valence-electron chi connectivity index (χ2n) is 9.17. The lowest BCUT2D eigenvalue weighted by molar-refractivity contribution is 0.0879. The maximum absolute atomic E-state index is 10.8. The molecule has 1 aromatic rings. The van der Waals surface area contributed by atoms with Crippen LogP contribution < -0.4 is 0 Å². The fourth-order valence-corrected chi connectivity index (χ4v) is 4.71. The molecule has 0 amide bonds. The monoisotopic (exact) mass is 376 g/mol. The fourth-order valence-electron chi connectivity index (χ4n) is 4.71. The van der Waals surface area contributed by atoms with E-state index in [9.17, 15) is 15.3 Å². The molecular weight excluding hydrogens is 336 g/mol. The number of benzene rings is 1. The van der Waals surface area contributed by atoms with Crippen molar-refractivity contribution in [2.45, 2.75) is 102 Å². The minimum Gasteiger partial charge on any atom is -0.508 e. The smallest absolute Gasteiger partial charge is 0.119 e. The van der Waals surface area contributed by atoms with Crippen molar-refractivity contribution in [3.8, 4) is 5.75 Å². The van der Waals surface area contributed by atoms with E-state index in [0.717, 1.165) is 37.7 Å². The number of phenols is 1. The van der Waals surface area contributed by atoms with Crippen LogP contribution in [0.3, 0.4) is 0 Å². The van der Waals surface area contributed by atoms with E-state index in [1.165, 1.54) is 31.2 Å². The zero-order valence-electron chi connectivity index (χ0n) is 17.6. The molecule has 0 aromatic heterocycles. The molecule has 1 saturated carbocycles. The van der Waals surface area contributed by atoms with Gasteiger partial charge in [-0.25, -0.2) is 0 Å². The van der Waals surface area contributed by atoms with Gasteiger partial charge in [-0.1, -0.05) is 58.6 Å². The first-order valence-corrected chi connectivity index (χ1v) is 11.0. The van der Waals surface area contributed by atoms with Crippen LogP contribution in [0.25, 0.3) is 0 Å². The SMILES string of the molecule is CCCCCCC(C)(C)c1ccc(C2CC(O)CCC2CCCO)c(O)c1. The highest BCUT2D eigenvalue weighted by atomic mass is 16.3. The second-order valence-corrected chi connectivity index (χ2v) is 9.17. The highest BCUT2D eigenvalue weighted by molar-refractivity contribution is 5.42. The molecule has 0 aliphatic heterocycles. The van der Waals surface area contributed by atoms with E-state index in [2.05, 4.69) is 32.9 Å². The first-order chi connectivity index (χ1) is 12.9. The van der Waals surface area contributed by atoms with E-state index < -0.39 is 0 Å². The Kier molecular flexibility index (Phi) is 8.62. The summed E-state index contributed by atoms with van der Waals surface area (Å²) in [6, 6.07) is 6.23. The molecule has 3 N–H and O–H groups in total. The number of hydrogen-bond acceptors (Lipinski definition) is 3. The molecule has 3 unspecified atom stereocenters. The summed E-state index contributed by atoms with van der Waals surface area (Å²) in [4.78, 5) is 0. The van der Waals surface area contributed by atoms with Gasteiger partial charge in [0.2, 0.25) is 0 Å². The molecule has 3 nitrogen and oxygen atoms in total. The lowest BCUT2D eigenvalue weighted by Gasteiger charge is -2.35. The third kappa shape index (κ3) is 6.22. The van der Waals surface area contributed by atoms with Crippen LogP contribution in [0.5, 0.6) is 5.75 Å². The third-order valence-corrected chi connectivity index (χ3v) is 6.57. The largest absolute Gasteiger partial charge is 0.508 e. The van der Waals surface area contributed by atoms with Crippen molar-refractivity contribution in [2.24, 2.45) is 5.92 Å². The maximum Gasteiger partial charge on any atom is 0.119 e. The van der Waals surface area contributed by atoms with Crippen LogP contribution in [0.1, 0.15) is 102 Å². The molecule has 0 saturated heterocycles. The molecule has 2 rings (SSSR count). The van der Waals surface area contributed by atoms with Gasteiger partial charge in [0.25, 0.3) is 0 Å². The topological polar surface area (TPSA) is 60.7 Å². The molecule has 3 atom stereocenters. The van der Waals surface area contributed by atoms with E-state index in [1.807, 2.05) is 6.07 Å². The van der Waals surface area contributed by atoms with Crippen molar-refractivity contribution in [1.82, 2.24) is 0 Å². The van der Waals surface area contributed by atoms with Crippen LogP contribution in [0, 0.1) is 5.92 Å². The Bertz CT molecular complexity index is 565. The van der Waals surface area contributed by atoms with Gasteiger partial charge in [0.15, 0.2) is 0 Å². The standard InChI is InChI=1S/C24H40O3/c1-4-5-6-7-14-24(2,3)19-11-13-21(23(27)16-19)22-17-20(26)12-10-18(22)9-8-15-25/h11,13,16,18,20,22,25-27H,4-10,12,14-15,17H2,1-3H3. The van der Waals surface area contributed by atoms with Crippen LogP contribution >= 0.6 is 0 Å². The van der Waals surface area contributed by atoms with Crippen molar-refractivity contribution in [3.05, 3.63) is 29.3 Å². The number of aliphatic hydroxyl groups is 2. The summed E-state index contributed by atoms with van der Waals surface area (Å²) in [6.45, 7) is 6.98. The quantitative estimate of drug-likeness (QED) is 0.462. The third-order valence-electron chi connectivity index (χ3n) is 6.57. The van der Waals surface area contributed by atoms with Crippen LogP contribution in [-0.4, -0.2) is 28.0 Å². The second kappa shape index (κ2) is 10.5. The van der Waals surface area contributed by atoms with Crippen molar-refractivity contribution in [2.75, 3.05) is 6.61 Å². The highest BCUT2D eigenvalue weighted by Gasteiger charge is 2.32. The molecule has 154 valence electrons. The number of aliphatic hydroxyl groups excluding tert-OH is 2. The van der Waals surface area contributed by atoms with Gasteiger partial charge >= 0.3 is 0 Å². The van der Waals surface area contributed by atoms with Crippen LogP contribution in [0.15, 0.2) is 18.2 Å². The molecule has 0 heterocycles. The summed E-state index contributed by atoms with van der Waals surface area (Å²) in [5.74, 6) is 0.989. The molecule has 1 aliphatic rings. The molecule has 1 aliphatic carbocycles. The van der Waals surface area contributed by atoms with Crippen LogP contribution in [0.4, 0.5) is 0 Å². The summed E-state index contributed by atoms with van der Waals surface area (Å²) >= 11 is 0. The van der Waals surface area contributed by atoms with Gasteiger partial charge in [-0.3, -0.25) is 0 Å². The maximum atomic E-state index is 10.8. The molecule has 0 bridgehead atoms. The Morgan fingerprint density at radius 1 is 1.07 bits per heavy atom. The average molecular weight is 377 g/mol. The van der Waals surface area contributed by atoms with Crippen molar-refractivity contribution >= 4 is 0 Å². The van der Waals surface area contributed by atoms with Gasteiger partial charge in [0.1, 0.15) is 5.75 Å². The van der Waals surface area contributed by atoms with Crippen molar-refractivity contribution in [1.29, 1.82) is 0 Å². The summed E-state index contributed by atoms with van der Waals surface area (Å²) in [7, 11) is 0. The highest BCUT2D eigenvalue weighted by Crippen LogP contribution is 2.44.